The number of benzene rings is 2. The maximum absolute atomic E-state index is 12.3. The molecule has 2 aromatic carbocycles. The van der Waals surface area contributed by atoms with Crippen LogP contribution in [0.3, 0.4) is 0 Å². The fourth-order valence-corrected chi connectivity index (χ4v) is 2.27. The number of aliphatic hydroxyl groups excluding tert-OH is 1. The third-order valence-corrected chi connectivity index (χ3v) is 3.81. The predicted octanol–water partition coefficient (Wildman–Crippen LogP) is 2.84. The van der Waals surface area contributed by atoms with Crippen molar-refractivity contribution < 1.29 is 14.6 Å². The number of ether oxygens (including phenoxy) is 1. The van der Waals surface area contributed by atoms with Gasteiger partial charge >= 0.3 is 6.03 Å². The van der Waals surface area contributed by atoms with E-state index in [1.807, 2.05) is 62.4 Å². The number of urea groups is 1. The number of carbonyl (C=O) groups is 1. The van der Waals surface area contributed by atoms with Crippen molar-refractivity contribution in [2.24, 2.45) is 0 Å². The minimum Gasteiger partial charge on any atom is -0.473 e. The van der Waals surface area contributed by atoms with Gasteiger partial charge in [-0.05, 0) is 42.7 Å². The van der Waals surface area contributed by atoms with E-state index in [1.54, 1.807) is 4.90 Å². The van der Waals surface area contributed by atoms with Gasteiger partial charge in [0.1, 0.15) is 5.75 Å². The number of rotatable bonds is 7. The van der Waals surface area contributed by atoms with Crippen molar-refractivity contribution in [1.29, 1.82) is 0 Å². The lowest BCUT2D eigenvalue weighted by Gasteiger charge is -2.22. The monoisotopic (exact) mass is 328 g/mol. The van der Waals surface area contributed by atoms with Gasteiger partial charge in [0, 0.05) is 13.1 Å². The van der Waals surface area contributed by atoms with Crippen molar-refractivity contribution in [3.05, 3.63) is 65.2 Å². The molecule has 0 saturated carbocycles. The van der Waals surface area contributed by atoms with Crippen molar-refractivity contribution in [3.63, 3.8) is 0 Å². The smallest absolute Gasteiger partial charge is 0.320 e. The Bertz CT molecular complexity index is 659. The zero-order valence-electron chi connectivity index (χ0n) is 14.2. The summed E-state index contributed by atoms with van der Waals surface area (Å²) in [5.41, 5.74) is 3.35. The van der Waals surface area contributed by atoms with Crippen molar-refractivity contribution in [2.75, 3.05) is 19.9 Å². The largest absolute Gasteiger partial charge is 0.473 e. The fourth-order valence-electron chi connectivity index (χ4n) is 2.27. The van der Waals surface area contributed by atoms with E-state index in [-0.39, 0.29) is 25.9 Å². The SMILES string of the molecule is Cc1ccc(OCNC(=O)N(CCO)Cc2ccccc2)cc1C. The van der Waals surface area contributed by atoms with Gasteiger partial charge in [-0.1, -0.05) is 36.4 Å². The van der Waals surface area contributed by atoms with E-state index < -0.39 is 0 Å². The van der Waals surface area contributed by atoms with Crippen LogP contribution < -0.4 is 10.1 Å². The molecule has 0 unspecified atom stereocenters. The molecule has 5 heteroatoms. The minimum absolute atomic E-state index is 0.0814. The first-order valence-electron chi connectivity index (χ1n) is 7.98. The van der Waals surface area contributed by atoms with Crippen molar-refractivity contribution in [1.82, 2.24) is 10.2 Å². The Balaban J connectivity index is 1.87. The molecule has 0 radical (unpaired) electrons. The number of nitrogens with zero attached hydrogens (tertiary/aromatic N) is 1. The van der Waals surface area contributed by atoms with Gasteiger partial charge in [-0.2, -0.15) is 0 Å². The maximum atomic E-state index is 12.3. The zero-order valence-corrected chi connectivity index (χ0v) is 14.2. The van der Waals surface area contributed by atoms with Gasteiger partial charge in [0.25, 0.3) is 0 Å². The summed E-state index contributed by atoms with van der Waals surface area (Å²) in [4.78, 5) is 13.8. The zero-order chi connectivity index (χ0) is 17.4. The highest BCUT2D eigenvalue weighted by atomic mass is 16.5. The lowest BCUT2D eigenvalue weighted by molar-refractivity contribution is 0.164. The van der Waals surface area contributed by atoms with E-state index >= 15 is 0 Å². The number of aryl methyl sites for hydroxylation is 2. The van der Waals surface area contributed by atoms with Gasteiger partial charge in [0.15, 0.2) is 6.73 Å². The second kappa shape index (κ2) is 8.93. The second-order valence-corrected chi connectivity index (χ2v) is 5.65. The van der Waals surface area contributed by atoms with Crippen molar-refractivity contribution in [2.45, 2.75) is 20.4 Å². The van der Waals surface area contributed by atoms with Crippen LogP contribution in [0.5, 0.6) is 5.75 Å². The standard InChI is InChI=1S/C19H24N2O3/c1-15-8-9-18(12-16(15)2)24-14-20-19(23)21(10-11-22)13-17-6-4-3-5-7-17/h3-9,12,22H,10-11,13-14H2,1-2H3,(H,20,23). The minimum atomic E-state index is -0.267. The highest BCUT2D eigenvalue weighted by molar-refractivity contribution is 5.74. The molecule has 0 aliphatic rings. The molecule has 0 atom stereocenters. The van der Waals surface area contributed by atoms with Crippen LogP contribution in [-0.2, 0) is 6.54 Å². The summed E-state index contributed by atoms with van der Waals surface area (Å²) >= 11 is 0. The predicted molar refractivity (Wildman–Crippen MR) is 93.9 cm³/mol. The quantitative estimate of drug-likeness (QED) is 0.768. The highest BCUT2D eigenvalue weighted by Crippen LogP contribution is 2.16. The fraction of sp³-hybridized carbons (Fsp3) is 0.316. The lowest BCUT2D eigenvalue weighted by atomic mass is 10.1. The molecule has 0 aliphatic heterocycles. The van der Waals surface area contributed by atoms with E-state index in [1.165, 1.54) is 5.56 Å². The third kappa shape index (κ3) is 5.28. The molecule has 0 heterocycles. The molecule has 2 N–H and O–H groups in total. The van der Waals surface area contributed by atoms with E-state index in [9.17, 15) is 9.90 Å². The Hall–Kier alpha value is -2.53. The molecule has 0 saturated heterocycles. The summed E-state index contributed by atoms with van der Waals surface area (Å²) in [7, 11) is 0. The summed E-state index contributed by atoms with van der Waals surface area (Å²) in [6.45, 7) is 4.76. The Morgan fingerprint density at radius 1 is 1.12 bits per heavy atom. The van der Waals surface area contributed by atoms with Gasteiger partial charge < -0.3 is 20.1 Å². The first-order valence-corrected chi connectivity index (χ1v) is 7.98. The van der Waals surface area contributed by atoms with E-state index in [0.717, 1.165) is 16.9 Å². The number of hydrogen-bond donors (Lipinski definition) is 2. The van der Waals surface area contributed by atoms with Crippen molar-refractivity contribution in [3.8, 4) is 5.75 Å². The van der Waals surface area contributed by atoms with Crippen molar-refractivity contribution >= 4 is 6.03 Å². The summed E-state index contributed by atoms with van der Waals surface area (Å²) in [6, 6.07) is 15.2. The van der Waals surface area contributed by atoms with Crippen LogP contribution in [0.15, 0.2) is 48.5 Å². The third-order valence-electron chi connectivity index (χ3n) is 3.81. The van der Waals surface area contributed by atoms with Crippen LogP contribution >= 0.6 is 0 Å². The first kappa shape index (κ1) is 17.8. The second-order valence-electron chi connectivity index (χ2n) is 5.65. The Kier molecular flexibility index (Phi) is 6.63. The normalized spacial score (nSPS) is 10.3. The molecule has 0 bridgehead atoms. The van der Waals surface area contributed by atoms with Crippen LogP contribution in [0.25, 0.3) is 0 Å². The Morgan fingerprint density at radius 3 is 2.54 bits per heavy atom. The average Bonchev–Trinajstić information content (AvgIpc) is 2.58. The summed E-state index contributed by atoms with van der Waals surface area (Å²) in [6.07, 6.45) is 0. The number of nitrogens with one attached hydrogen (secondary N) is 1. The van der Waals surface area contributed by atoms with Gasteiger partial charge in [-0.3, -0.25) is 0 Å². The van der Waals surface area contributed by atoms with Crippen LogP contribution in [-0.4, -0.2) is 35.9 Å². The van der Waals surface area contributed by atoms with Gasteiger partial charge in [-0.25, -0.2) is 4.79 Å². The number of aliphatic hydroxyl groups is 1. The molecule has 0 aromatic heterocycles. The molecular formula is C19H24N2O3. The highest BCUT2D eigenvalue weighted by Gasteiger charge is 2.13. The van der Waals surface area contributed by atoms with Crippen LogP contribution in [0.2, 0.25) is 0 Å². The topological polar surface area (TPSA) is 61.8 Å². The van der Waals surface area contributed by atoms with Gasteiger partial charge in [0.2, 0.25) is 0 Å². The van der Waals surface area contributed by atoms with Gasteiger partial charge in [0.05, 0.1) is 6.61 Å². The maximum Gasteiger partial charge on any atom is 0.320 e. The van der Waals surface area contributed by atoms with Crippen LogP contribution in [0.1, 0.15) is 16.7 Å². The van der Waals surface area contributed by atoms with E-state index in [2.05, 4.69) is 5.32 Å². The molecule has 24 heavy (non-hydrogen) atoms. The first-order chi connectivity index (χ1) is 11.6. The van der Waals surface area contributed by atoms with E-state index in [0.29, 0.717) is 6.54 Å². The summed E-state index contributed by atoms with van der Waals surface area (Å²) in [5, 5.41) is 11.9. The Labute approximate surface area is 142 Å². The van der Waals surface area contributed by atoms with Crippen LogP contribution in [0, 0.1) is 13.8 Å². The molecule has 0 spiro atoms. The molecular weight excluding hydrogens is 304 g/mol. The van der Waals surface area contributed by atoms with Crippen LogP contribution in [0.4, 0.5) is 4.79 Å². The molecule has 0 fully saturated rings. The molecule has 5 nitrogen and oxygen atoms in total. The summed E-state index contributed by atoms with van der Waals surface area (Å²) in [5.74, 6) is 0.718. The molecule has 128 valence electrons. The average molecular weight is 328 g/mol. The lowest BCUT2D eigenvalue weighted by Crippen LogP contribution is -2.42. The van der Waals surface area contributed by atoms with E-state index in [4.69, 9.17) is 4.74 Å². The molecule has 0 aliphatic carbocycles. The molecule has 2 amide bonds. The Morgan fingerprint density at radius 2 is 1.88 bits per heavy atom. The number of amides is 2. The van der Waals surface area contributed by atoms with Gasteiger partial charge in [-0.15, -0.1) is 0 Å². The number of carbonyl (C=O) groups excluding carboxylic acids is 1. The molecule has 2 rings (SSSR count). The molecule has 2 aromatic rings. The summed E-state index contributed by atoms with van der Waals surface area (Å²) < 4.78 is 5.57. The number of hydrogen-bond acceptors (Lipinski definition) is 3.